The molecule has 1 saturated carbocycles. The van der Waals surface area contributed by atoms with E-state index in [0.29, 0.717) is 37.3 Å². The number of rotatable bonds is 19. The number of allylic oxidation sites excluding steroid dienone is 1. The number of nitrogens with zero attached hydrogens (tertiary/aromatic N) is 2. The van der Waals surface area contributed by atoms with Crippen molar-refractivity contribution in [2.24, 2.45) is 22.9 Å². The van der Waals surface area contributed by atoms with Crippen molar-refractivity contribution in [3.8, 4) is 11.5 Å². The highest BCUT2D eigenvalue weighted by atomic mass is 16.6. The molecule has 0 spiro atoms. The van der Waals surface area contributed by atoms with Gasteiger partial charge in [-0.1, -0.05) is 61.3 Å². The van der Waals surface area contributed by atoms with Gasteiger partial charge in [-0.2, -0.15) is 0 Å². The molecule has 6 atom stereocenters. The van der Waals surface area contributed by atoms with Crippen LogP contribution in [0.2, 0.25) is 0 Å². The zero-order chi connectivity index (χ0) is 36.2. The number of ether oxygens (including phenoxy) is 2. The van der Waals surface area contributed by atoms with Crippen LogP contribution in [0.4, 0.5) is 4.79 Å². The molecule has 12 nitrogen and oxygen atoms in total. The van der Waals surface area contributed by atoms with Gasteiger partial charge >= 0.3 is 6.03 Å². The number of phenols is 1. The van der Waals surface area contributed by atoms with Gasteiger partial charge in [0.05, 0.1) is 31.5 Å². The number of oxime groups is 1. The van der Waals surface area contributed by atoms with Gasteiger partial charge in [-0.25, -0.2) is 4.79 Å². The number of carbonyl (C=O) groups excluding carboxylic acids is 1. The minimum absolute atomic E-state index is 0.00216. The molecule has 1 heterocycles. The molecule has 6 unspecified atom stereocenters. The molecule has 2 amide bonds. The topological polar surface area (TPSA) is 174 Å². The number of phenolic OH excluding ortho intramolecular Hbond substituents is 1. The van der Waals surface area contributed by atoms with Crippen molar-refractivity contribution < 1.29 is 44.6 Å². The number of hydrogen-bond acceptors (Lipinski definition) is 10. The molecule has 0 aromatic heterocycles. The van der Waals surface area contributed by atoms with Gasteiger partial charge in [0.2, 0.25) is 5.79 Å². The fourth-order valence-corrected chi connectivity index (χ4v) is 8.18. The Kier molecular flexibility index (Phi) is 14.1. The van der Waals surface area contributed by atoms with Crippen molar-refractivity contribution in [2.45, 2.75) is 82.6 Å². The van der Waals surface area contributed by atoms with Crippen LogP contribution in [0.15, 0.2) is 65.3 Å². The van der Waals surface area contributed by atoms with Crippen LogP contribution in [-0.2, 0) is 16.2 Å². The van der Waals surface area contributed by atoms with E-state index in [4.69, 9.17) is 24.6 Å². The lowest BCUT2D eigenvalue weighted by molar-refractivity contribution is -0.228. The van der Waals surface area contributed by atoms with E-state index in [1.54, 1.807) is 23.1 Å². The van der Waals surface area contributed by atoms with Crippen LogP contribution < -0.4 is 10.1 Å². The van der Waals surface area contributed by atoms with Crippen LogP contribution in [0.1, 0.15) is 75.3 Å². The van der Waals surface area contributed by atoms with E-state index >= 15 is 0 Å². The second-order valence-electron chi connectivity index (χ2n) is 13.7. The smallest absolute Gasteiger partial charge is 0.317 e. The number of aliphatic hydroxyl groups excluding tert-OH is 3. The SMILES string of the molecule is CCCN(C(=O)NCCOCCO)C1CC(=NOCc2ccccc2)C2=CC(CCCCO)C(CCCCO)C3c4cc(O)ccc4OC1(O)C23. The largest absolute Gasteiger partial charge is 0.508 e. The van der Waals surface area contributed by atoms with Gasteiger partial charge in [0, 0.05) is 44.2 Å². The van der Waals surface area contributed by atoms with Crippen LogP contribution in [0.3, 0.4) is 0 Å². The maximum Gasteiger partial charge on any atom is 0.317 e. The number of aliphatic hydroxyl groups is 4. The molecule has 12 heteroatoms. The van der Waals surface area contributed by atoms with E-state index in [9.17, 15) is 25.2 Å². The first-order chi connectivity index (χ1) is 24.9. The molecular formula is C39H55N3O9. The predicted octanol–water partition coefficient (Wildman–Crippen LogP) is 4.45. The molecule has 1 fully saturated rings. The Morgan fingerprint density at radius 3 is 2.51 bits per heavy atom. The van der Waals surface area contributed by atoms with E-state index in [-0.39, 0.29) is 82.1 Å². The van der Waals surface area contributed by atoms with Gasteiger partial charge in [0.1, 0.15) is 24.1 Å². The van der Waals surface area contributed by atoms with E-state index in [0.717, 1.165) is 42.4 Å². The predicted molar refractivity (Wildman–Crippen MR) is 192 cm³/mol. The summed E-state index contributed by atoms with van der Waals surface area (Å²) in [7, 11) is 0. The molecule has 2 aromatic carbocycles. The highest BCUT2D eigenvalue weighted by Crippen LogP contribution is 2.60. The molecule has 3 aliphatic rings. The summed E-state index contributed by atoms with van der Waals surface area (Å²) in [6, 6.07) is 13.5. The van der Waals surface area contributed by atoms with Crippen LogP contribution >= 0.6 is 0 Å². The number of urea groups is 1. The van der Waals surface area contributed by atoms with Gasteiger partial charge in [0.15, 0.2) is 0 Å². The lowest BCUT2D eigenvalue weighted by Gasteiger charge is -2.58. The molecule has 0 saturated heterocycles. The van der Waals surface area contributed by atoms with E-state index in [2.05, 4.69) is 11.4 Å². The summed E-state index contributed by atoms with van der Waals surface area (Å²) in [6.07, 6.45) is 7.42. The summed E-state index contributed by atoms with van der Waals surface area (Å²) in [6.45, 7) is 3.21. The van der Waals surface area contributed by atoms with E-state index in [1.165, 1.54) is 0 Å². The van der Waals surface area contributed by atoms with Crippen molar-refractivity contribution >= 4 is 11.7 Å². The number of hydrogen-bond donors (Lipinski definition) is 6. The summed E-state index contributed by atoms with van der Waals surface area (Å²) in [5.74, 6) is -2.23. The zero-order valence-electron chi connectivity index (χ0n) is 29.7. The molecular weight excluding hydrogens is 654 g/mol. The Hall–Kier alpha value is -3.68. The third-order valence-corrected chi connectivity index (χ3v) is 10.4. The lowest BCUT2D eigenvalue weighted by Crippen LogP contribution is -2.69. The van der Waals surface area contributed by atoms with Crippen LogP contribution in [0.5, 0.6) is 11.5 Å². The van der Waals surface area contributed by atoms with Crippen molar-refractivity contribution in [1.82, 2.24) is 10.2 Å². The minimum atomic E-state index is -1.86. The number of benzene rings is 2. The Labute approximate surface area is 300 Å². The normalized spacial score (nSPS) is 25.7. The van der Waals surface area contributed by atoms with E-state index < -0.39 is 17.7 Å². The Bertz CT molecular complexity index is 1470. The van der Waals surface area contributed by atoms with Crippen LogP contribution in [0.25, 0.3) is 0 Å². The standard InChI is InChI=1S/C39H55N3O9/c1-2-17-42(38(47)40-16-21-49-22-20-45)35-25-33(41-50-26-27-10-4-3-5-11-27)31-23-28(12-6-8-18-43)30(13-7-9-19-44)36-32-24-29(46)14-15-34(32)51-39(35,48)37(31)36/h3-5,10-11,14-15,23-24,28,30,35-37,43-46,48H,2,6-9,12-13,16-22,25-26H2,1H3,(H,40,47). The van der Waals surface area contributed by atoms with Crippen molar-refractivity contribution in [3.05, 3.63) is 71.3 Å². The van der Waals surface area contributed by atoms with Gasteiger partial charge in [-0.15, -0.1) is 0 Å². The third-order valence-electron chi connectivity index (χ3n) is 10.4. The maximum absolute atomic E-state index is 13.9. The summed E-state index contributed by atoms with van der Waals surface area (Å²) in [4.78, 5) is 21.6. The average molecular weight is 710 g/mol. The van der Waals surface area contributed by atoms with Crippen molar-refractivity contribution in [3.63, 3.8) is 0 Å². The number of aromatic hydroxyl groups is 1. The molecule has 6 N–H and O–H groups in total. The Balaban J connectivity index is 1.62. The first-order valence-corrected chi connectivity index (χ1v) is 18.5. The number of unbranched alkanes of at least 4 members (excludes halogenated alkanes) is 2. The minimum Gasteiger partial charge on any atom is -0.508 e. The fourth-order valence-electron chi connectivity index (χ4n) is 8.18. The monoisotopic (exact) mass is 709 g/mol. The molecule has 0 bridgehead atoms. The molecule has 2 aromatic rings. The van der Waals surface area contributed by atoms with E-state index in [1.807, 2.05) is 37.3 Å². The second kappa shape index (κ2) is 18.7. The summed E-state index contributed by atoms with van der Waals surface area (Å²) in [5.41, 5.74) is 3.17. The van der Waals surface area contributed by atoms with Gasteiger partial charge in [-0.3, -0.25) is 0 Å². The second-order valence-corrected chi connectivity index (χ2v) is 13.7. The van der Waals surface area contributed by atoms with Crippen LogP contribution in [0, 0.1) is 17.8 Å². The molecule has 0 radical (unpaired) electrons. The fraction of sp³-hybridized carbons (Fsp3) is 0.590. The summed E-state index contributed by atoms with van der Waals surface area (Å²) < 4.78 is 12.0. The number of carbonyl (C=O) groups is 1. The number of fused-ring (bicyclic) bond motifs is 2. The average Bonchev–Trinajstić information content (AvgIpc) is 3.13. The van der Waals surface area contributed by atoms with Gasteiger partial charge < -0.3 is 50.1 Å². The lowest BCUT2D eigenvalue weighted by atomic mass is 9.55. The Morgan fingerprint density at radius 1 is 1.02 bits per heavy atom. The maximum atomic E-state index is 13.9. The Morgan fingerprint density at radius 2 is 1.78 bits per heavy atom. The first-order valence-electron chi connectivity index (χ1n) is 18.5. The first kappa shape index (κ1) is 38.5. The van der Waals surface area contributed by atoms with Crippen molar-refractivity contribution in [1.29, 1.82) is 0 Å². The van der Waals surface area contributed by atoms with Crippen molar-refractivity contribution in [2.75, 3.05) is 46.1 Å². The molecule has 51 heavy (non-hydrogen) atoms. The molecule has 2 aliphatic carbocycles. The molecule has 5 rings (SSSR count). The highest BCUT2D eigenvalue weighted by molar-refractivity contribution is 6.03. The number of amides is 2. The number of nitrogens with one attached hydrogen (secondary N) is 1. The molecule has 280 valence electrons. The quantitative estimate of drug-likeness (QED) is 0.0911. The summed E-state index contributed by atoms with van der Waals surface area (Å²) in [5, 5.41) is 59.9. The summed E-state index contributed by atoms with van der Waals surface area (Å²) >= 11 is 0. The van der Waals surface area contributed by atoms with Gasteiger partial charge in [0.25, 0.3) is 0 Å². The third kappa shape index (κ3) is 9.04. The van der Waals surface area contributed by atoms with Gasteiger partial charge in [-0.05, 0) is 73.3 Å². The molecule has 1 aliphatic heterocycles. The zero-order valence-corrected chi connectivity index (χ0v) is 29.7. The highest BCUT2D eigenvalue weighted by Gasteiger charge is 2.64. The van der Waals surface area contributed by atoms with Crippen LogP contribution in [-0.4, -0.2) is 100 Å².